The van der Waals surface area contributed by atoms with Crippen molar-refractivity contribution in [3.8, 4) is 0 Å². The molecule has 29 heavy (non-hydrogen) atoms. The minimum absolute atomic E-state index is 0. The number of likely N-dealkylation sites (tertiary alicyclic amines) is 2. The van der Waals surface area contributed by atoms with Crippen LogP contribution < -0.4 is 5.73 Å². The smallest absolute Gasteiger partial charge is 0.254 e. The maximum Gasteiger partial charge on any atom is 0.254 e. The molecule has 2 fully saturated rings. The number of rotatable bonds is 3. The summed E-state index contributed by atoms with van der Waals surface area (Å²) in [5.74, 6) is 0.0774. The van der Waals surface area contributed by atoms with Gasteiger partial charge in [-0.3, -0.25) is 9.59 Å². The Morgan fingerprint density at radius 2 is 1.62 bits per heavy atom. The largest absolute Gasteiger partial charge is 0.338 e. The Bertz CT molecular complexity index is 861. The van der Waals surface area contributed by atoms with Crippen molar-refractivity contribution in [2.45, 2.75) is 37.3 Å². The van der Waals surface area contributed by atoms with Gasteiger partial charge in [-0.25, -0.2) is 0 Å². The third-order valence-electron chi connectivity index (χ3n) is 6.25. The second-order valence-electron chi connectivity index (χ2n) is 8.09. The van der Waals surface area contributed by atoms with E-state index in [1.807, 2.05) is 60.4 Å². The topological polar surface area (TPSA) is 66.6 Å². The van der Waals surface area contributed by atoms with Crippen LogP contribution >= 0.6 is 12.4 Å². The maximum atomic E-state index is 13.5. The molecule has 3 atom stereocenters. The van der Waals surface area contributed by atoms with Crippen molar-refractivity contribution in [1.29, 1.82) is 0 Å². The minimum atomic E-state index is -0.807. The standard InChI is InChI=1S/C23H27N3O2.ClH/c1-23(13-8-14-26(23)21(27)18-11-6-3-7-12-18)22(28)25-15-19(20(24)16-25)17-9-4-2-5-10-17;/h2-7,9-12,19-20H,8,13-16,24H2,1H3;1H/t19-,20+,23?;/m0./s1. The quantitative estimate of drug-likeness (QED) is 0.840. The molecule has 2 aromatic carbocycles. The molecule has 2 aliphatic rings. The first-order valence-electron chi connectivity index (χ1n) is 9.97. The van der Waals surface area contributed by atoms with E-state index in [1.54, 1.807) is 4.90 Å². The Morgan fingerprint density at radius 1 is 1.00 bits per heavy atom. The number of benzene rings is 2. The summed E-state index contributed by atoms with van der Waals surface area (Å²) in [5.41, 5.74) is 7.38. The molecule has 6 heteroatoms. The van der Waals surface area contributed by atoms with Crippen LogP contribution in [0.15, 0.2) is 60.7 Å². The van der Waals surface area contributed by atoms with Gasteiger partial charge in [0.2, 0.25) is 5.91 Å². The number of carbonyl (C=O) groups excluding carboxylic acids is 2. The zero-order valence-corrected chi connectivity index (χ0v) is 17.5. The molecule has 2 aliphatic heterocycles. The molecule has 2 amide bonds. The van der Waals surface area contributed by atoms with E-state index >= 15 is 0 Å². The molecule has 4 rings (SSSR count). The summed E-state index contributed by atoms with van der Waals surface area (Å²) in [4.78, 5) is 30.2. The molecular weight excluding hydrogens is 386 g/mol. The van der Waals surface area contributed by atoms with Gasteiger partial charge in [-0.2, -0.15) is 0 Å². The molecule has 2 heterocycles. The fraction of sp³-hybridized carbons (Fsp3) is 0.391. The van der Waals surface area contributed by atoms with E-state index in [9.17, 15) is 9.59 Å². The second-order valence-corrected chi connectivity index (χ2v) is 8.09. The van der Waals surface area contributed by atoms with Crippen molar-refractivity contribution in [1.82, 2.24) is 9.80 Å². The van der Waals surface area contributed by atoms with E-state index < -0.39 is 5.54 Å². The maximum absolute atomic E-state index is 13.5. The van der Waals surface area contributed by atoms with Gasteiger partial charge < -0.3 is 15.5 Å². The van der Waals surface area contributed by atoms with Gasteiger partial charge in [0, 0.05) is 37.2 Å². The first-order chi connectivity index (χ1) is 13.5. The van der Waals surface area contributed by atoms with E-state index in [1.165, 1.54) is 5.56 Å². The third kappa shape index (κ3) is 3.89. The molecule has 2 saturated heterocycles. The van der Waals surface area contributed by atoms with E-state index in [-0.39, 0.29) is 36.2 Å². The molecule has 0 aromatic heterocycles. The van der Waals surface area contributed by atoms with Crippen LogP contribution in [0.25, 0.3) is 0 Å². The van der Waals surface area contributed by atoms with Crippen molar-refractivity contribution in [3.63, 3.8) is 0 Å². The predicted molar refractivity (Wildman–Crippen MR) is 116 cm³/mol. The first-order valence-corrected chi connectivity index (χ1v) is 9.97. The van der Waals surface area contributed by atoms with Crippen LogP contribution in [0.5, 0.6) is 0 Å². The van der Waals surface area contributed by atoms with E-state index in [2.05, 4.69) is 12.1 Å². The molecule has 0 aliphatic carbocycles. The van der Waals surface area contributed by atoms with E-state index in [4.69, 9.17) is 5.73 Å². The summed E-state index contributed by atoms with van der Waals surface area (Å²) in [7, 11) is 0. The predicted octanol–water partition coefficient (Wildman–Crippen LogP) is 3.06. The zero-order valence-electron chi connectivity index (χ0n) is 16.7. The van der Waals surface area contributed by atoms with Gasteiger partial charge in [0.05, 0.1) is 0 Å². The van der Waals surface area contributed by atoms with Gasteiger partial charge in [0.25, 0.3) is 5.91 Å². The van der Waals surface area contributed by atoms with Crippen LogP contribution in [-0.4, -0.2) is 52.8 Å². The molecule has 0 bridgehead atoms. The zero-order chi connectivity index (χ0) is 19.7. The van der Waals surface area contributed by atoms with Crippen molar-refractivity contribution >= 4 is 24.2 Å². The molecule has 0 saturated carbocycles. The number of halogens is 1. The number of amides is 2. The Balaban J connectivity index is 0.00000240. The van der Waals surface area contributed by atoms with E-state index in [0.29, 0.717) is 31.6 Å². The Labute approximate surface area is 178 Å². The summed E-state index contributed by atoms with van der Waals surface area (Å²) in [6.07, 6.45) is 1.52. The van der Waals surface area contributed by atoms with Gasteiger partial charge in [0.15, 0.2) is 0 Å². The summed E-state index contributed by atoms with van der Waals surface area (Å²) in [5, 5.41) is 0. The fourth-order valence-electron chi connectivity index (χ4n) is 4.64. The monoisotopic (exact) mass is 413 g/mol. The van der Waals surface area contributed by atoms with Gasteiger partial charge in [-0.15, -0.1) is 12.4 Å². The number of hydrogen-bond donors (Lipinski definition) is 1. The van der Waals surface area contributed by atoms with E-state index in [0.717, 1.165) is 6.42 Å². The van der Waals surface area contributed by atoms with Gasteiger partial charge in [0.1, 0.15) is 5.54 Å². The average molecular weight is 414 g/mol. The molecule has 5 nitrogen and oxygen atoms in total. The fourth-order valence-corrected chi connectivity index (χ4v) is 4.64. The third-order valence-corrected chi connectivity index (χ3v) is 6.25. The van der Waals surface area contributed by atoms with Crippen LogP contribution in [0.1, 0.15) is 41.6 Å². The highest BCUT2D eigenvalue weighted by Gasteiger charge is 2.49. The highest BCUT2D eigenvalue weighted by molar-refractivity contribution is 5.99. The van der Waals surface area contributed by atoms with Crippen LogP contribution in [0.4, 0.5) is 0 Å². The lowest BCUT2D eigenvalue weighted by molar-refractivity contribution is -0.139. The Hall–Kier alpha value is -2.37. The van der Waals surface area contributed by atoms with Crippen LogP contribution in [0.2, 0.25) is 0 Å². The lowest BCUT2D eigenvalue weighted by atomic mass is 9.94. The normalized spacial score (nSPS) is 26.3. The van der Waals surface area contributed by atoms with Crippen LogP contribution in [-0.2, 0) is 4.79 Å². The molecule has 154 valence electrons. The average Bonchev–Trinajstić information content (AvgIpc) is 3.32. The highest BCUT2D eigenvalue weighted by atomic mass is 35.5. The summed E-state index contributed by atoms with van der Waals surface area (Å²) >= 11 is 0. The summed E-state index contributed by atoms with van der Waals surface area (Å²) < 4.78 is 0. The SMILES string of the molecule is CC1(C(=O)N2C[C@@H](N)[C@H](c3ccccc3)C2)CCCN1C(=O)c1ccccc1.Cl. The lowest BCUT2D eigenvalue weighted by Crippen LogP contribution is -2.56. The molecule has 0 radical (unpaired) electrons. The number of hydrogen-bond acceptors (Lipinski definition) is 3. The van der Waals surface area contributed by atoms with Crippen LogP contribution in [0, 0.1) is 0 Å². The lowest BCUT2D eigenvalue weighted by Gasteiger charge is -2.37. The van der Waals surface area contributed by atoms with Crippen molar-refractivity contribution < 1.29 is 9.59 Å². The number of nitrogens with two attached hydrogens (primary N) is 1. The van der Waals surface area contributed by atoms with Crippen molar-refractivity contribution in [2.75, 3.05) is 19.6 Å². The number of carbonyl (C=O) groups is 2. The highest BCUT2D eigenvalue weighted by Crippen LogP contribution is 2.35. The number of nitrogens with zero attached hydrogens (tertiary/aromatic N) is 2. The summed E-state index contributed by atoms with van der Waals surface area (Å²) in [6.45, 7) is 3.65. The van der Waals surface area contributed by atoms with Gasteiger partial charge in [-0.1, -0.05) is 48.5 Å². The molecule has 1 unspecified atom stereocenters. The molecule has 0 spiro atoms. The van der Waals surface area contributed by atoms with Gasteiger partial charge in [-0.05, 0) is 37.5 Å². The molecule has 2 aromatic rings. The summed E-state index contributed by atoms with van der Waals surface area (Å²) in [6, 6.07) is 19.3. The molecular formula is C23H28ClN3O2. The molecule has 2 N–H and O–H groups in total. The van der Waals surface area contributed by atoms with Crippen molar-refractivity contribution in [3.05, 3.63) is 71.8 Å². The second kappa shape index (κ2) is 8.56. The Kier molecular flexibility index (Phi) is 6.30. The Morgan fingerprint density at radius 3 is 2.28 bits per heavy atom. The minimum Gasteiger partial charge on any atom is -0.338 e. The van der Waals surface area contributed by atoms with Crippen LogP contribution in [0.3, 0.4) is 0 Å². The van der Waals surface area contributed by atoms with Gasteiger partial charge >= 0.3 is 0 Å². The van der Waals surface area contributed by atoms with Crippen molar-refractivity contribution in [2.24, 2.45) is 5.73 Å². The first kappa shape index (κ1) is 21.3.